The molecule has 2 atom stereocenters. The fourth-order valence-electron chi connectivity index (χ4n) is 2.83. The molecular weight excluding hydrogens is 222 g/mol. The minimum atomic E-state index is 0.453. The molecule has 1 heterocycles. The summed E-state index contributed by atoms with van der Waals surface area (Å²) in [5.74, 6) is 0. The van der Waals surface area contributed by atoms with Crippen LogP contribution in [0.3, 0.4) is 0 Å². The topological polar surface area (TPSA) is 21.3 Å². The third-order valence-electron chi connectivity index (χ3n) is 4.17. The summed E-state index contributed by atoms with van der Waals surface area (Å²) in [4.78, 5) is 0. The first-order valence-corrected chi connectivity index (χ1v) is 7.07. The quantitative estimate of drug-likeness (QED) is 0.859. The highest BCUT2D eigenvalue weighted by atomic mass is 16.5. The van der Waals surface area contributed by atoms with Gasteiger partial charge < -0.3 is 10.1 Å². The van der Waals surface area contributed by atoms with Crippen LogP contribution in [-0.4, -0.2) is 19.8 Å². The Balaban J connectivity index is 2.00. The molecule has 1 aromatic carbocycles. The zero-order valence-electron chi connectivity index (χ0n) is 11.8. The zero-order valence-corrected chi connectivity index (χ0v) is 11.8. The fourth-order valence-corrected chi connectivity index (χ4v) is 2.83. The Bertz CT molecular complexity index is 383. The van der Waals surface area contributed by atoms with Gasteiger partial charge in [-0.2, -0.15) is 0 Å². The van der Waals surface area contributed by atoms with Crippen LogP contribution in [0.2, 0.25) is 0 Å². The molecule has 18 heavy (non-hydrogen) atoms. The lowest BCUT2D eigenvalue weighted by Crippen LogP contribution is -2.20. The molecule has 0 bridgehead atoms. The van der Waals surface area contributed by atoms with Crippen molar-refractivity contribution in [1.29, 1.82) is 0 Å². The molecule has 1 fully saturated rings. The lowest BCUT2D eigenvalue weighted by atomic mass is 9.93. The van der Waals surface area contributed by atoms with E-state index in [1.165, 1.54) is 36.0 Å². The van der Waals surface area contributed by atoms with Gasteiger partial charge in [-0.25, -0.2) is 0 Å². The first kappa shape index (κ1) is 13.6. The average Bonchev–Trinajstić information content (AvgIpc) is 2.88. The number of hydrogen-bond donors (Lipinski definition) is 1. The van der Waals surface area contributed by atoms with Crippen molar-refractivity contribution in [3.63, 3.8) is 0 Å². The second-order valence-electron chi connectivity index (χ2n) is 5.34. The SMILES string of the molecule is CNC(CCC1CCCO1)c1cccc(C)c1C. The minimum Gasteiger partial charge on any atom is -0.378 e. The summed E-state index contributed by atoms with van der Waals surface area (Å²) < 4.78 is 5.71. The van der Waals surface area contributed by atoms with Crippen molar-refractivity contribution in [1.82, 2.24) is 5.32 Å². The maximum atomic E-state index is 5.71. The number of hydrogen-bond acceptors (Lipinski definition) is 2. The lowest BCUT2D eigenvalue weighted by Gasteiger charge is -2.21. The van der Waals surface area contributed by atoms with Crippen molar-refractivity contribution in [2.75, 3.05) is 13.7 Å². The molecule has 100 valence electrons. The van der Waals surface area contributed by atoms with Crippen LogP contribution in [0.5, 0.6) is 0 Å². The summed E-state index contributed by atoms with van der Waals surface area (Å²) in [5.41, 5.74) is 4.24. The van der Waals surface area contributed by atoms with Gasteiger partial charge in [0.25, 0.3) is 0 Å². The van der Waals surface area contributed by atoms with Crippen LogP contribution < -0.4 is 5.32 Å². The van der Waals surface area contributed by atoms with Gasteiger partial charge in [-0.15, -0.1) is 0 Å². The Morgan fingerprint density at radius 3 is 2.89 bits per heavy atom. The van der Waals surface area contributed by atoms with E-state index in [1.807, 2.05) is 0 Å². The Labute approximate surface area is 111 Å². The van der Waals surface area contributed by atoms with Crippen LogP contribution >= 0.6 is 0 Å². The predicted octanol–water partition coefficient (Wildman–Crippen LogP) is 3.52. The van der Waals surface area contributed by atoms with E-state index in [4.69, 9.17) is 4.74 Å². The van der Waals surface area contributed by atoms with E-state index < -0.39 is 0 Å². The van der Waals surface area contributed by atoms with Crippen LogP contribution in [0.4, 0.5) is 0 Å². The molecule has 0 aliphatic carbocycles. The van der Waals surface area contributed by atoms with Crippen molar-refractivity contribution < 1.29 is 4.74 Å². The third kappa shape index (κ3) is 3.12. The van der Waals surface area contributed by atoms with Gasteiger partial charge >= 0.3 is 0 Å². The maximum Gasteiger partial charge on any atom is 0.0576 e. The summed E-state index contributed by atoms with van der Waals surface area (Å²) in [6, 6.07) is 7.05. The van der Waals surface area contributed by atoms with E-state index in [0.717, 1.165) is 13.0 Å². The third-order valence-corrected chi connectivity index (χ3v) is 4.17. The highest BCUT2D eigenvalue weighted by Crippen LogP contribution is 2.26. The molecule has 2 nitrogen and oxygen atoms in total. The number of nitrogens with one attached hydrogen (secondary N) is 1. The Kier molecular flexibility index (Phi) is 4.79. The lowest BCUT2D eigenvalue weighted by molar-refractivity contribution is 0.0998. The van der Waals surface area contributed by atoms with Crippen molar-refractivity contribution >= 4 is 0 Å². The highest BCUT2D eigenvalue weighted by Gasteiger charge is 2.19. The zero-order chi connectivity index (χ0) is 13.0. The predicted molar refractivity (Wildman–Crippen MR) is 75.9 cm³/mol. The van der Waals surface area contributed by atoms with Gasteiger partial charge in [-0.05, 0) is 63.3 Å². The molecular formula is C16H25NO. The Hall–Kier alpha value is -0.860. The molecule has 1 aliphatic heterocycles. The summed E-state index contributed by atoms with van der Waals surface area (Å²) >= 11 is 0. The van der Waals surface area contributed by atoms with Gasteiger partial charge in [0.2, 0.25) is 0 Å². The summed E-state index contributed by atoms with van der Waals surface area (Å²) in [7, 11) is 2.06. The summed E-state index contributed by atoms with van der Waals surface area (Å²) in [5, 5.41) is 3.45. The largest absolute Gasteiger partial charge is 0.378 e. The summed E-state index contributed by atoms with van der Waals surface area (Å²) in [6.07, 6.45) is 5.29. The van der Waals surface area contributed by atoms with Crippen molar-refractivity contribution in [2.45, 2.75) is 51.7 Å². The second-order valence-corrected chi connectivity index (χ2v) is 5.34. The average molecular weight is 247 g/mol. The van der Waals surface area contributed by atoms with Gasteiger partial charge in [0.15, 0.2) is 0 Å². The molecule has 0 radical (unpaired) electrons. The molecule has 1 saturated heterocycles. The van der Waals surface area contributed by atoms with Crippen molar-refractivity contribution in [3.05, 3.63) is 34.9 Å². The van der Waals surface area contributed by atoms with Crippen LogP contribution in [0, 0.1) is 13.8 Å². The molecule has 2 unspecified atom stereocenters. The van der Waals surface area contributed by atoms with E-state index >= 15 is 0 Å². The second kappa shape index (κ2) is 6.35. The van der Waals surface area contributed by atoms with Crippen molar-refractivity contribution in [3.8, 4) is 0 Å². The molecule has 1 aromatic rings. The van der Waals surface area contributed by atoms with E-state index in [0.29, 0.717) is 12.1 Å². The highest BCUT2D eigenvalue weighted by molar-refractivity contribution is 5.35. The van der Waals surface area contributed by atoms with Gasteiger partial charge in [-0.1, -0.05) is 18.2 Å². The molecule has 0 saturated carbocycles. The first-order valence-electron chi connectivity index (χ1n) is 7.07. The molecule has 0 spiro atoms. The maximum absolute atomic E-state index is 5.71. The molecule has 1 aliphatic rings. The monoisotopic (exact) mass is 247 g/mol. The number of aryl methyl sites for hydroxylation is 1. The van der Waals surface area contributed by atoms with Crippen LogP contribution in [0.25, 0.3) is 0 Å². The minimum absolute atomic E-state index is 0.453. The van der Waals surface area contributed by atoms with Gasteiger partial charge in [0.05, 0.1) is 6.10 Å². The van der Waals surface area contributed by atoms with Crippen LogP contribution in [0.1, 0.15) is 48.4 Å². The Morgan fingerprint density at radius 1 is 1.39 bits per heavy atom. The molecule has 2 rings (SSSR count). The molecule has 2 heteroatoms. The van der Waals surface area contributed by atoms with Gasteiger partial charge in [-0.3, -0.25) is 0 Å². The molecule has 0 amide bonds. The standard InChI is InChI=1S/C16H25NO/c1-12-6-4-8-15(13(12)2)16(17-3)10-9-14-7-5-11-18-14/h4,6,8,14,16-17H,5,7,9-11H2,1-3H3. The van der Waals surface area contributed by atoms with Crippen molar-refractivity contribution in [2.24, 2.45) is 0 Å². The number of ether oxygens (including phenoxy) is 1. The van der Waals surface area contributed by atoms with Crippen LogP contribution in [0.15, 0.2) is 18.2 Å². The van der Waals surface area contributed by atoms with Gasteiger partial charge in [0, 0.05) is 12.6 Å². The van der Waals surface area contributed by atoms with Gasteiger partial charge in [0.1, 0.15) is 0 Å². The number of rotatable bonds is 5. The van der Waals surface area contributed by atoms with E-state index in [1.54, 1.807) is 0 Å². The summed E-state index contributed by atoms with van der Waals surface area (Å²) in [6.45, 7) is 5.37. The Morgan fingerprint density at radius 2 is 2.22 bits per heavy atom. The fraction of sp³-hybridized carbons (Fsp3) is 0.625. The first-order chi connectivity index (χ1) is 8.72. The molecule has 1 N–H and O–H groups in total. The van der Waals surface area contributed by atoms with E-state index in [2.05, 4.69) is 44.4 Å². The van der Waals surface area contributed by atoms with E-state index in [-0.39, 0.29) is 0 Å². The number of benzene rings is 1. The normalized spacial score (nSPS) is 21.2. The van der Waals surface area contributed by atoms with Crippen LogP contribution in [-0.2, 0) is 4.74 Å². The van der Waals surface area contributed by atoms with E-state index in [9.17, 15) is 0 Å². The molecule has 0 aromatic heterocycles. The smallest absolute Gasteiger partial charge is 0.0576 e.